The molecule has 0 fully saturated rings. The van der Waals surface area contributed by atoms with Crippen molar-refractivity contribution in [2.24, 2.45) is 0 Å². The minimum Gasteiger partial charge on any atom is -0.469 e. The molecule has 0 saturated carbocycles. The molecule has 0 saturated heterocycles. The molecule has 0 spiro atoms. The highest BCUT2D eigenvalue weighted by molar-refractivity contribution is 5.27. The van der Waals surface area contributed by atoms with Gasteiger partial charge in [-0.15, -0.1) is 0 Å². The van der Waals surface area contributed by atoms with E-state index in [4.69, 9.17) is 4.42 Å². The van der Waals surface area contributed by atoms with Gasteiger partial charge in [-0.25, -0.2) is 4.39 Å². The van der Waals surface area contributed by atoms with Gasteiger partial charge in [0.15, 0.2) is 0 Å². The summed E-state index contributed by atoms with van der Waals surface area (Å²) in [6.07, 6.45) is 2.57. The highest BCUT2D eigenvalue weighted by Crippen LogP contribution is 2.28. The van der Waals surface area contributed by atoms with E-state index >= 15 is 0 Å². The Morgan fingerprint density at radius 3 is 2.33 bits per heavy atom. The van der Waals surface area contributed by atoms with Gasteiger partial charge >= 0.3 is 0 Å². The molecule has 124 valence electrons. The molecule has 3 aromatic rings. The van der Waals surface area contributed by atoms with Crippen molar-refractivity contribution in [3.8, 4) is 0 Å². The maximum Gasteiger partial charge on any atom is 0.123 e. The molecule has 1 heterocycles. The second-order valence-corrected chi connectivity index (χ2v) is 5.99. The number of hydrogen-bond donors (Lipinski definition) is 1. The molecule has 0 radical (unpaired) electrons. The van der Waals surface area contributed by atoms with Gasteiger partial charge in [0.25, 0.3) is 0 Å². The van der Waals surface area contributed by atoms with Crippen LogP contribution in [0.4, 0.5) is 4.39 Å². The number of halogens is 1. The predicted molar refractivity (Wildman–Crippen MR) is 94.4 cm³/mol. The average molecular weight is 323 g/mol. The molecule has 0 amide bonds. The second-order valence-electron chi connectivity index (χ2n) is 5.99. The van der Waals surface area contributed by atoms with Crippen LogP contribution in [-0.4, -0.2) is 6.54 Å². The standard InChI is InChI=1S/C21H22FNO/c1-16(17-6-3-2-4-7-17)23-14-13-20(21-8-5-15-24-21)18-9-11-19(22)12-10-18/h2-12,15-16,20,23H,13-14H2,1H3/t16-,20+/m0/s1. The largest absolute Gasteiger partial charge is 0.469 e. The quantitative estimate of drug-likeness (QED) is 0.639. The van der Waals surface area contributed by atoms with E-state index in [0.29, 0.717) is 0 Å². The zero-order valence-corrected chi connectivity index (χ0v) is 13.8. The Morgan fingerprint density at radius 1 is 0.917 bits per heavy atom. The number of furan rings is 1. The summed E-state index contributed by atoms with van der Waals surface area (Å²) in [4.78, 5) is 0. The molecule has 0 aliphatic heterocycles. The summed E-state index contributed by atoms with van der Waals surface area (Å²) in [5.74, 6) is 0.819. The first-order valence-electron chi connectivity index (χ1n) is 8.31. The van der Waals surface area contributed by atoms with Crippen molar-refractivity contribution in [3.63, 3.8) is 0 Å². The van der Waals surface area contributed by atoms with Crippen LogP contribution in [0.5, 0.6) is 0 Å². The summed E-state index contributed by atoms with van der Waals surface area (Å²) in [6, 6.07) is 21.2. The van der Waals surface area contributed by atoms with Gasteiger partial charge in [0.2, 0.25) is 0 Å². The van der Waals surface area contributed by atoms with Crippen molar-refractivity contribution in [1.82, 2.24) is 5.32 Å². The van der Waals surface area contributed by atoms with Gasteiger partial charge in [-0.3, -0.25) is 0 Å². The first kappa shape index (κ1) is 16.5. The lowest BCUT2D eigenvalue weighted by Crippen LogP contribution is -2.21. The van der Waals surface area contributed by atoms with E-state index < -0.39 is 0 Å². The van der Waals surface area contributed by atoms with Crippen molar-refractivity contribution >= 4 is 0 Å². The van der Waals surface area contributed by atoms with Crippen LogP contribution in [0, 0.1) is 5.82 Å². The summed E-state index contributed by atoms with van der Waals surface area (Å²) in [5, 5.41) is 3.56. The number of rotatable bonds is 7. The molecule has 2 atom stereocenters. The second kappa shape index (κ2) is 7.93. The van der Waals surface area contributed by atoms with Gasteiger partial charge in [-0.05, 0) is 55.3 Å². The molecule has 2 aromatic carbocycles. The monoisotopic (exact) mass is 323 g/mol. The normalized spacial score (nSPS) is 13.6. The van der Waals surface area contributed by atoms with Crippen LogP contribution in [0.1, 0.15) is 42.2 Å². The first-order valence-corrected chi connectivity index (χ1v) is 8.31. The van der Waals surface area contributed by atoms with Gasteiger partial charge in [0.1, 0.15) is 11.6 Å². The lowest BCUT2D eigenvalue weighted by Gasteiger charge is -2.18. The highest BCUT2D eigenvalue weighted by atomic mass is 19.1. The van der Waals surface area contributed by atoms with Crippen molar-refractivity contribution in [1.29, 1.82) is 0 Å². The van der Waals surface area contributed by atoms with E-state index in [1.165, 1.54) is 17.7 Å². The maximum absolute atomic E-state index is 13.2. The van der Waals surface area contributed by atoms with Gasteiger partial charge in [0, 0.05) is 12.0 Å². The molecule has 1 aromatic heterocycles. The zero-order valence-electron chi connectivity index (χ0n) is 13.8. The Morgan fingerprint density at radius 2 is 1.67 bits per heavy atom. The fourth-order valence-electron chi connectivity index (χ4n) is 2.96. The van der Waals surface area contributed by atoms with Crippen LogP contribution in [0.25, 0.3) is 0 Å². The van der Waals surface area contributed by atoms with Crippen LogP contribution in [0.3, 0.4) is 0 Å². The molecule has 2 nitrogen and oxygen atoms in total. The lowest BCUT2D eigenvalue weighted by molar-refractivity contribution is 0.457. The minimum absolute atomic E-state index is 0.121. The Hall–Kier alpha value is -2.39. The molecular weight excluding hydrogens is 301 g/mol. The average Bonchev–Trinajstić information content (AvgIpc) is 3.15. The summed E-state index contributed by atoms with van der Waals surface area (Å²) in [7, 11) is 0. The first-order chi connectivity index (χ1) is 11.7. The molecule has 24 heavy (non-hydrogen) atoms. The molecule has 0 unspecified atom stereocenters. The van der Waals surface area contributed by atoms with E-state index in [2.05, 4.69) is 36.5 Å². The van der Waals surface area contributed by atoms with Crippen molar-refractivity contribution < 1.29 is 8.81 Å². The van der Waals surface area contributed by atoms with Crippen LogP contribution < -0.4 is 5.32 Å². The third-order valence-corrected chi connectivity index (χ3v) is 4.34. The van der Waals surface area contributed by atoms with Crippen molar-refractivity contribution in [2.45, 2.75) is 25.3 Å². The fraction of sp³-hybridized carbons (Fsp3) is 0.238. The Bertz CT molecular complexity index is 722. The van der Waals surface area contributed by atoms with E-state index in [1.54, 1.807) is 6.26 Å². The number of nitrogens with one attached hydrogen (secondary N) is 1. The van der Waals surface area contributed by atoms with Gasteiger partial charge in [-0.2, -0.15) is 0 Å². The summed E-state index contributed by atoms with van der Waals surface area (Å²) >= 11 is 0. The SMILES string of the molecule is C[C@H](NCC[C@H](c1ccc(F)cc1)c1ccco1)c1ccccc1. The van der Waals surface area contributed by atoms with E-state index in [1.807, 2.05) is 30.3 Å². The topological polar surface area (TPSA) is 25.2 Å². The maximum atomic E-state index is 13.2. The van der Waals surface area contributed by atoms with E-state index in [0.717, 1.165) is 24.3 Å². The minimum atomic E-state index is -0.215. The Labute approximate surface area is 142 Å². The third kappa shape index (κ3) is 4.12. The van der Waals surface area contributed by atoms with Crippen LogP contribution in [0.2, 0.25) is 0 Å². The summed E-state index contributed by atoms with van der Waals surface area (Å²) < 4.78 is 18.8. The van der Waals surface area contributed by atoms with Crippen LogP contribution in [0.15, 0.2) is 77.4 Å². The van der Waals surface area contributed by atoms with E-state index in [9.17, 15) is 4.39 Å². The summed E-state index contributed by atoms with van der Waals surface area (Å²) in [5.41, 5.74) is 2.34. The molecular formula is C21H22FNO. The molecule has 0 bridgehead atoms. The Balaban J connectivity index is 1.66. The molecule has 3 rings (SSSR count). The van der Waals surface area contributed by atoms with Gasteiger partial charge < -0.3 is 9.73 Å². The summed E-state index contributed by atoms with van der Waals surface area (Å²) in [6.45, 7) is 3.01. The predicted octanol–water partition coefficient (Wildman–Crippen LogP) is 5.29. The zero-order chi connectivity index (χ0) is 16.8. The van der Waals surface area contributed by atoms with Crippen LogP contribution >= 0.6 is 0 Å². The van der Waals surface area contributed by atoms with Gasteiger partial charge in [0.05, 0.1) is 6.26 Å². The molecule has 0 aliphatic carbocycles. The molecule has 1 N–H and O–H groups in total. The smallest absolute Gasteiger partial charge is 0.123 e. The molecule has 3 heteroatoms. The number of benzene rings is 2. The van der Waals surface area contributed by atoms with Gasteiger partial charge in [-0.1, -0.05) is 42.5 Å². The fourth-order valence-corrected chi connectivity index (χ4v) is 2.96. The van der Waals surface area contributed by atoms with Crippen LogP contribution in [-0.2, 0) is 0 Å². The third-order valence-electron chi connectivity index (χ3n) is 4.34. The van der Waals surface area contributed by atoms with Crippen molar-refractivity contribution in [3.05, 3.63) is 95.7 Å². The number of hydrogen-bond acceptors (Lipinski definition) is 2. The molecule has 0 aliphatic rings. The van der Waals surface area contributed by atoms with E-state index in [-0.39, 0.29) is 17.8 Å². The Kier molecular flexibility index (Phi) is 5.44. The highest BCUT2D eigenvalue weighted by Gasteiger charge is 2.17. The lowest BCUT2D eigenvalue weighted by atomic mass is 9.93. The van der Waals surface area contributed by atoms with Crippen molar-refractivity contribution in [2.75, 3.05) is 6.54 Å².